The summed E-state index contributed by atoms with van der Waals surface area (Å²) in [6.07, 6.45) is -4.57. The molecule has 1 aliphatic heterocycles. The molecule has 1 amide bonds. The number of sulfonamides is 1. The molecule has 45 heavy (non-hydrogen) atoms. The number of alkyl halides is 3. The zero-order chi connectivity index (χ0) is 33.2. The number of amides is 1. The third-order valence-corrected chi connectivity index (χ3v) is 8.10. The summed E-state index contributed by atoms with van der Waals surface area (Å²) in [5.74, 6) is -2.31. The highest BCUT2D eigenvalue weighted by molar-refractivity contribution is 7.90. The normalized spacial score (nSPS) is 16.0. The first-order valence-electron chi connectivity index (χ1n) is 13.6. The zero-order valence-corrected chi connectivity index (χ0v) is 25.6. The van der Waals surface area contributed by atoms with Gasteiger partial charge in [-0.2, -0.15) is 18.3 Å². The summed E-state index contributed by atoms with van der Waals surface area (Å²) in [5, 5.41) is 20.3. The number of carbonyl (C=O) groups excluding carboxylic acids is 2. The molecule has 1 saturated heterocycles. The maximum absolute atomic E-state index is 13.5. The number of hydrogen-bond donors (Lipinski definition) is 1. The lowest BCUT2D eigenvalue weighted by Gasteiger charge is -2.15. The first-order valence-corrected chi connectivity index (χ1v) is 15.1. The predicted molar refractivity (Wildman–Crippen MR) is 151 cm³/mol. The van der Waals surface area contributed by atoms with Crippen LogP contribution in [-0.4, -0.2) is 59.9 Å². The number of nitrogens with zero attached hydrogens (tertiary/aromatic N) is 5. The van der Waals surface area contributed by atoms with E-state index in [-0.39, 0.29) is 40.8 Å². The van der Waals surface area contributed by atoms with Crippen LogP contribution in [0, 0.1) is 23.5 Å². The first kappa shape index (κ1) is 33.2. The van der Waals surface area contributed by atoms with Crippen LogP contribution >= 0.6 is 0 Å². The van der Waals surface area contributed by atoms with Crippen molar-refractivity contribution in [2.75, 3.05) is 19.9 Å². The van der Waals surface area contributed by atoms with Gasteiger partial charge in [0.15, 0.2) is 5.69 Å². The quantitative estimate of drug-likeness (QED) is 0.0886. The molecule has 0 spiro atoms. The van der Waals surface area contributed by atoms with E-state index >= 15 is 0 Å². The smallest absolute Gasteiger partial charge is 0.435 e. The fraction of sp³-hybridized carbons (Fsp3) is 0.393. The zero-order valence-electron chi connectivity index (χ0n) is 24.7. The summed E-state index contributed by atoms with van der Waals surface area (Å²) in [5.41, 5.74) is -0.205. The van der Waals surface area contributed by atoms with Crippen molar-refractivity contribution in [2.45, 2.75) is 45.2 Å². The number of aryl methyl sites for hydroxylation is 1. The molecule has 1 aliphatic rings. The molecule has 2 aromatic carbocycles. The van der Waals surface area contributed by atoms with Crippen LogP contribution < -0.4 is 4.72 Å². The van der Waals surface area contributed by atoms with E-state index in [1.165, 1.54) is 12.1 Å². The first-order chi connectivity index (χ1) is 21.0. The molecule has 1 aromatic heterocycles. The monoisotopic (exact) mass is 652 g/mol. The summed E-state index contributed by atoms with van der Waals surface area (Å²) in [6.45, 7) is 6.05. The molecule has 13 nitrogen and oxygen atoms in total. The van der Waals surface area contributed by atoms with Gasteiger partial charge >= 0.3 is 12.1 Å². The van der Waals surface area contributed by atoms with E-state index in [0.717, 1.165) is 33.5 Å². The molecule has 1 fully saturated rings. The number of ether oxygens (including phenoxy) is 1. The van der Waals surface area contributed by atoms with Crippen molar-refractivity contribution >= 4 is 21.9 Å². The molecule has 1 N–H and O–H groups in total. The molecule has 0 aliphatic carbocycles. The summed E-state index contributed by atoms with van der Waals surface area (Å²) < 4.78 is 74.3. The molecule has 1 unspecified atom stereocenters. The molecule has 0 radical (unpaired) electrons. The molecule has 1 atom stereocenters. The van der Waals surface area contributed by atoms with Crippen LogP contribution in [-0.2, 0) is 35.4 Å². The molecule has 0 saturated carbocycles. The van der Waals surface area contributed by atoms with E-state index in [4.69, 9.17) is 9.57 Å². The Morgan fingerprint density at radius 2 is 1.76 bits per heavy atom. The van der Waals surface area contributed by atoms with Crippen LogP contribution in [0.3, 0.4) is 0 Å². The maximum Gasteiger partial charge on any atom is 0.435 e. The molecular weight excluding hydrogens is 621 g/mol. The molecular formula is C28H31F3N6O7S. The highest BCUT2D eigenvalue weighted by Crippen LogP contribution is 2.33. The van der Waals surface area contributed by atoms with Crippen LogP contribution in [0.15, 0.2) is 64.8 Å². The average Bonchev–Trinajstić information content (AvgIpc) is 3.64. The summed E-state index contributed by atoms with van der Waals surface area (Å²) in [4.78, 5) is 28.9. The van der Waals surface area contributed by atoms with Crippen molar-refractivity contribution in [3.8, 4) is 16.9 Å². The lowest BCUT2D eigenvalue weighted by atomic mass is 9.98. The highest BCUT2D eigenvalue weighted by Gasteiger charge is 2.36. The van der Waals surface area contributed by atoms with E-state index in [2.05, 4.69) is 10.4 Å². The predicted octanol–water partition coefficient (Wildman–Crippen LogP) is 4.35. The molecule has 4 rings (SSSR count). The van der Waals surface area contributed by atoms with Gasteiger partial charge in [0.05, 0.1) is 45.7 Å². The minimum atomic E-state index is -4.71. The van der Waals surface area contributed by atoms with Crippen molar-refractivity contribution in [3.63, 3.8) is 0 Å². The van der Waals surface area contributed by atoms with Crippen LogP contribution in [0.5, 0.6) is 0 Å². The van der Waals surface area contributed by atoms with Crippen LogP contribution in [0.4, 0.5) is 13.2 Å². The van der Waals surface area contributed by atoms with Crippen molar-refractivity contribution in [3.05, 3.63) is 71.1 Å². The number of esters is 1. The van der Waals surface area contributed by atoms with Gasteiger partial charge in [-0.25, -0.2) is 17.8 Å². The molecule has 3 aromatic rings. The fourth-order valence-electron chi connectivity index (χ4n) is 4.22. The molecule has 242 valence electrons. The van der Waals surface area contributed by atoms with E-state index in [1.54, 1.807) is 45.0 Å². The molecule has 17 heteroatoms. The maximum atomic E-state index is 13.5. The van der Waals surface area contributed by atoms with E-state index in [9.17, 15) is 36.4 Å². The van der Waals surface area contributed by atoms with E-state index in [1.807, 2.05) is 11.6 Å². The Morgan fingerprint density at radius 3 is 2.36 bits per heavy atom. The lowest BCUT2D eigenvalue weighted by molar-refractivity contribution is -0.708. The van der Waals surface area contributed by atoms with Gasteiger partial charge in [-0.15, -0.1) is 5.01 Å². The minimum Gasteiger partial charge on any atom is -0.569 e. The second kappa shape index (κ2) is 12.7. The van der Waals surface area contributed by atoms with Crippen molar-refractivity contribution in [1.82, 2.24) is 19.5 Å². The van der Waals surface area contributed by atoms with Crippen molar-refractivity contribution in [1.29, 1.82) is 0 Å². The SMILES string of the molecule is Cc1ccc(-c2cc(C(F)(F)F)nn2-c2ccc(S(=O)(=O)NC(=O)C3CCN(/[N+]([O-])=N\OCOC(=O)C(C)(C)C)C3)cc2)cc1. The van der Waals surface area contributed by atoms with Gasteiger partial charge in [0.25, 0.3) is 16.8 Å². The Kier molecular flexibility index (Phi) is 9.41. The largest absolute Gasteiger partial charge is 0.569 e. The third kappa shape index (κ3) is 8.09. The van der Waals surface area contributed by atoms with Gasteiger partial charge in [0.2, 0.25) is 11.2 Å². The standard InChI is InChI=1S/C28H31F3N6O7S/c1-18-5-7-19(8-6-18)23-15-24(28(29,30)31)32-36(23)21-9-11-22(12-10-21)45(41,42)33-25(38)20-13-14-35(16-20)37(40)34-44-17-43-26(39)27(2,3)4/h5-12,15,20H,13-14,16-17H2,1-4H3,(H,33,38)/b37-34+. The Labute approximate surface area is 256 Å². The van der Waals surface area contributed by atoms with Gasteiger partial charge in [-0.3, -0.25) is 9.59 Å². The Bertz CT molecular complexity index is 1680. The minimum absolute atomic E-state index is 0.0675. The van der Waals surface area contributed by atoms with E-state index < -0.39 is 51.9 Å². The Balaban J connectivity index is 1.41. The average molecular weight is 653 g/mol. The third-order valence-electron chi connectivity index (χ3n) is 6.74. The van der Waals surface area contributed by atoms with Crippen molar-refractivity contribution in [2.24, 2.45) is 16.6 Å². The van der Waals surface area contributed by atoms with Crippen LogP contribution in [0.25, 0.3) is 16.9 Å². The molecule has 0 bridgehead atoms. The summed E-state index contributed by atoms with van der Waals surface area (Å²) >= 11 is 0. The second-order valence-corrected chi connectivity index (χ2v) is 13.0. The van der Waals surface area contributed by atoms with Gasteiger partial charge in [-0.05, 0) is 64.4 Å². The van der Waals surface area contributed by atoms with Gasteiger partial charge in [-0.1, -0.05) is 29.8 Å². The number of rotatable bonds is 9. The van der Waals surface area contributed by atoms with Gasteiger partial charge < -0.3 is 14.8 Å². The number of hydrogen-bond acceptors (Lipinski definition) is 9. The number of aromatic nitrogens is 2. The number of hydrazine groups is 1. The van der Waals surface area contributed by atoms with Crippen LogP contribution in [0.2, 0.25) is 0 Å². The Morgan fingerprint density at radius 1 is 1.11 bits per heavy atom. The number of nitrogens with one attached hydrogen (secondary N) is 1. The van der Waals surface area contributed by atoms with Crippen molar-refractivity contribution < 1.29 is 45.7 Å². The second-order valence-electron chi connectivity index (χ2n) is 11.3. The van der Waals surface area contributed by atoms with Gasteiger partial charge in [0, 0.05) is 5.56 Å². The number of halogens is 3. The fourth-order valence-corrected chi connectivity index (χ4v) is 5.26. The highest BCUT2D eigenvalue weighted by atomic mass is 32.2. The van der Waals surface area contributed by atoms with E-state index in [0.29, 0.717) is 5.56 Å². The van der Waals surface area contributed by atoms with Crippen LogP contribution in [0.1, 0.15) is 38.4 Å². The number of benzene rings is 2. The lowest BCUT2D eigenvalue weighted by Crippen LogP contribution is -2.37. The summed E-state index contributed by atoms with van der Waals surface area (Å²) in [7, 11) is -4.37. The topological polar surface area (TPSA) is 158 Å². The number of carbonyl (C=O) groups is 2. The summed E-state index contributed by atoms with van der Waals surface area (Å²) in [6, 6.07) is 12.5. The molecule has 2 heterocycles. The van der Waals surface area contributed by atoms with Gasteiger partial charge in [0.1, 0.15) is 0 Å². The Hall–Kier alpha value is -4.67.